The average Bonchev–Trinajstić information content (AvgIpc) is 3.49. The lowest BCUT2D eigenvalue weighted by atomic mass is 9.79. The molecule has 0 saturated heterocycles. The number of hydrogen-bond acceptors (Lipinski definition) is 4. The highest BCUT2D eigenvalue weighted by Gasteiger charge is 2.39. The predicted octanol–water partition coefficient (Wildman–Crippen LogP) is 4.71. The third-order valence-corrected chi connectivity index (χ3v) is 6.59. The highest BCUT2D eigenvalue weighted by molar-refractivity contribution is 5.81. The molecule has 2 heterocycles. The lowest BCUT2D eigenvalue weighted by Gasteiger charge is -2.29. The van der Waals surface area contributed by atoms with Crippen LogP contribution >= 0.6 is 0 Å². The van der Waals surface area contributed by atoms with Gasteiger partial charge in [0.1, 0.15) is 5.82 Å². The number of carbonyl (C=O) groups is 1. The number of nitrogens with zero attached hydrogens (tertiary/aromatic N) is 3. The van der Waals surface area contributed by atoms with Gasteiger partial charge < -0.3 is 5.32 Å². The van der Waals surface area contributed by atoms with Crippen molar-refractivity contribution in [3.63, 3.8) is 0 Å². The number of hydrogen-bond donors (Lipinski definition) is 1. The third-order valence-electron chi connectivity index (χ3n) is 6.59. The molecule has 2 aliphatic rings. The van der Waals surface area contributed by atoms with Gasteiger partial charge in [-0.2, -0.15) is 0 Å². The Hall–Kier alpha value is -2.30. The van der Waals surface area contributed by atoms with Gasteiger partial charge in [-0.1, -0.05) is 20.8 Å². The summed E-state index contributed by atoms with van der Waals surface area (Å²) in [5.74, 6) is 3.38. The van der Waals surface area contributed by atoms with Crippen molar-refractivity contribution in [2.24, 2.45) is 17.8 Å². The second kappa shape index (κ2) is 8.60. The van der Waals surface area contributed by atoms with Gasteiger partial charge in [0.25, 0.3) is 0 Å². The lowest BCUT2D eigenvalue weighted by Crippen LogP contribution is -2.32. The van der Waals surface area contributed by atoms with E-state index < -0.39 is 0 Å². The maximum atomic E-state index is 12.1. The first kappa shape index (κ1) is 20.0. The Morgan fingerprint density at radius 1 is 1.17 bits per heavy atom. The largest absolute Gasteiger partial charge is 0.356 e. The van der Waals surface area contributed by atoms with Crippen LogP contribution in [0.25, 0.3) is 11.1 Å². The molecule has 2 aromatic rings. The molecular formula is C24H32N4O. The van der Waals surface area contributed by atoms with E-state index in [0.29, 0.717) is 23.7 Å². The summed E-state index contributed by atoms with van der Waals surface area (Å²) in [7, 11) is 0. The van der Waals surface area contributed by atoms with Gasteiger partial charge in [0, 0.05) is 48.5 Å². The van der Waals surface area contributed by atoms with Gasteiger partial charge in [0.15, 0.2) is 0 Å². The van der Waals surface area contributed by atoms with Crippen LogP contribution in [-0.2, 0) is 4.79 Å². The minimum absolute atomic E-state index is 0.261. The summed E-state index contributed by atoms with van der Waals surface area (Å²) >= 11 is 0. The highest BCUT2D eigenvalue weighted by Crippen LogP contribution is 2.40. The fraction of sp³-hybridized carbons (Fsp3) is 0.583. The highest BCUT2D eigenvalue weighted by atomic mass is 16.2. The van der Waals surface area contributed by atoms with Crippen molar-refractivity contribution in [2.45, 2.75) is 64.7 Å². The van der Waals surface area contributed by atoms with Crippen LogP contribution < -0.4 is 5.32 Å². The maximum absolute atomic E-state index is 12.1. The maximum Gasteiger partial charge on any atom is 0.223 e. The van der Waals surface area contributed by atoms with E-state index >= 15 is 0 Å². The van der Waals surface area contributed by atoms with Crippen LogP contribution in [0.3, 0.4) is 0 Å². The van der Waals surface area contributed by atoms with Crippen LogP contribution in [0.4, 0.5) is 0 Å². The molecule has 0 bridgehead atoms. The lowest BCUT2D eigenvalue weighted by molar-refractivity contribution is -0.122. The molecule has 0 unspecified atom stereocenters. The number of aromatic nitrogens is 3. The molecular weight excluding hydrogens is 360 g/mol. The average molecular weight is 393 g/mol. The Balaban J connectivity index is 1.44. The second-order valence-corrected chi connectivity index (χ2v) is 9.20. The van der Waals surface area contributed by atoms with E-state index in [4.69, 9.17) is 4.98 Å². The molecule has 2 fully saturated rings. The van der Waals surface area contributed by atoms with Crippen LogP contribution in [0.2, 0.25) is 0 Å². The van der Waals surface area contributed by atoms with Gasteiger partial charge in [-0.25, -0.2) is 9.97 Å². The zero-order valence-corrected chi connectivity index (χ0v) is 17.8. The normalized spacial score (nSPS) is 26.3. The first-order valence-electron chi connectivity index (χ1n) is 11.1. The zero-order valence-electron chi connectivity index (χ0n) is 17.8. The van der Waals surface area contributed by atoms with Crippen molar-refractivity contribution in [2.75, 3.05) is 6.54 Å². The molecule has 1 amide bonds. The smallest absolute Gasteiger partial charge is 0.223 e. The summed E-state index contributed by atoms with van der Waals surface area (Å²) in [5, 5.41) is 3.19. The number of rotatable bonds is 6. The van der Waals surface area contributed by atoms with Crippen molar-refractivity contribution < 1.29 is 4.79 Å². The van der Waals surface area contributed by atoms with Gasteiger partial charge in [-0.15, -0.1) is 0 Å². The van der Waals surface area contributed by atoms with E-state index in [-0.39, 0.29) is 11.8 Å². The molecule has 0 radical (unpaired) electrons. The molecule has 2 aliphatic carbocycles. The standard InChI is InChI=1S/C24H32N4O/c1-15(2)23-26-14-21(18-8-10-25-11-9-18)22(28-23)19-6-4-17(5-7-19)13-27-24(29)20-12-16(20)3/h8-11,14-17,19-20H,4-7,12-13H2,1-3H3,(H,27,29)/t16-,17?,19?,20+/m0/s1. The minimum atomic E-state index is 0.261. The van der Waals surface area contributed by atoms with E-state index in [1.807, 2.05) is 30.7 Å². The van der Waals surface area contributed by atoms with Crippen molar-refractivity contribution >= 4 is 5.91 Å². The van der Waals surface area contributed by atoms with Crippen molar-refractivity contribution in [3.05, 3.63) is 42.2 Å². The molecule has 5 nitrogen and oxygen atoms in total. The topological polar surface area (TPSA) is 67.8 Å². The van der Waals surface area contributed by atoms with E-state index in [0.717, 1.165) is 55.6 Å². The predicted molar refractivity (Wildman–Crippen MR) is 114 cm³/mol. The van der Waals surface area contributed by atoms with Gasteiger partial charge in [-0.3, -0.25) is 9.78 Å². The fourth-order valence-corrected chi connectivity index (χ4v) is 4.46. The first-order valence-corrected chi connectivity index (χ1v) is 11.1. The molecule has 2 aromatic heterocycles. The number of amides is 1. The molecule has 154 valence electrons. The Kier molecular flexibility index (Phi) is 5.93. The van der Waals surface area contributed by atoms with Crippen molar-refractivity contribution in [3.8, 4) is 11.1 Å². The third kappa shape index (κ3) is 4.65. The summed E-state index contributed by atoms with van der Waals surface area (Å²) in [5.41, 5.74) is 3.46. The van der Waals surface area contributed by atoms with Gasteiger partial charge >= 0.3 is 0 Å². The molecule has 5 heteroatoms. The molecule has 1 N–H and O–H groups in total. The molecule has 0 spiro atoms. The summed E-state index contributed by atoms with van der Waals surface area (Å²) in [6.07, 6.45) is 11.2. The Morgan fingerprint density at radius 3 is 2.48 bits per heavy atom. The van der Waals surface area contributed by atoms with E-state index in [1.165, 1.54) is 5.69 Å². The van der Waals surface area contributed by atoms with Crippen molar-refractivity contribution in [1.29, 1.82) is 0 Å². The van der Waals surface area contributed by atoms with E-state index in [1.54, 1.807) is 0 Å². The molecule has 2 saturated carbocycles. The van der Waals surface area contributed by atoms with Gasteiger partial charge in [0.05, 0.1) is 5.69 Å². The first-order chi connectivity index (χ1) is 14.0. The Bertz CT molecular complexity index is 843. The Morgan fingerprint density at radius 2 is 1.86 bits per heavy atom. The minimum Gasteiger partial charge on any atom is -0.356 e. The van der Waals surface area contributed by atoms with Crippen LogP contribution in [0.5, 0.6) is 0 Å². The summed E-state index contributed by atoms with van der Waals surface area (Å²) < 4.78 is 0. The summed E-state index contributed by atoms with van der Waals surface area (Å²) in [6, 6.07) is 4.08. The quantitative estimate of drug-likeness (QED) is 0.773. The van der Waals surface area contributed by atoms with Crippen LogP contribution in [0.1, 0.15) is 76.2 Å². The van der Waals surface area contributed by atoms with Crippen molar-refractivity contribution in [1.82, 2.24) is 20.3 Å². The van der Waals surface area contributed by atoms with Gasteiger partial charge in [-0.05, 0) is 61.6 Å². The SMILES string of the molecule is CC(C)c1ncc(-c2ccncc2)c(C2CCC(CNC(=O)[C@@H]3C[C@@H]3C)CC2)n1. The van der Waals surface area contributed by atoms with Gasteiger partial charge in [0.2, 0.25) is 5.91 Å². The second-order valence-electron chi connectivity index (χ2n) is 9.20. The molecule has 4 rings (SSSR count). The number of pyridine rings is 1. The van der Waals surface area contributed by atoms with Crippen LogP contribution in [-0.4, -0.2) is 27.4 Å². The fourth-order valence-electron chi connectivity index (χ4n) is 4.46. The van der Waals surface area contributed by atoms with E-state index in [9.17, 15) is 4.79 Å². The number of nitrogens with one attached hydrogen (secondary N) is 1. The molecule has 29 heavy (non-hydrogen) atoms. The summed E-state index contributed by atoms with van der Waals surface area (Å²) in [4.78, 5) is 25.9. The molecule has 0 aromatic carbocycles. The molecule has 2 atom stereocenters. The zero-order chi connectivity index (χ0) is 20.4. The van der Waals surface area contributed by atoms with E-state index in [2.05, 4.69) is 36.1 Å². The monoisotopic (exact) mass is 392 g/mol. The molecule has 0 aliphatic heterocycles. The van der Waals surface area contributed by atoms with Crippen LogP contribution in [0.15, 0.2) is 30.7 Å². The Labute approximate surface area is 173 Å². The number of carbonyl (C=O) groups excluding carboxylic acids is 1. The summed E-state index contributed by atoms with van der Waals surface area (Å²) in [6.45, 7) is 7.27. The van der Waals surface area contributed by atoms with Crippen LogP contribution in [0, 0.1) is 17.8 Å².